The fourth-order valence-corrected chi connectivity index (χ4v) is 4.38. The van der Waals surface area contributed by atoms with Crippen LogP contribution in [0.3, 0.4) is 0 Å². The fraction of sp³-hybridized carbons (Fsp3) is 0.938. The van der Waals surface area contributed by atoms with E-state index >= 15 is 0 Å². The number of morpholine rings is 1. The summed E-state index contributed by atoms with van der Waals surface area (Å²) in [7, 11) is 0. The largest absolute Gasteiger partial charge is 0.374 e. The molecule has 4 heteroatoms. The Kier molecular flexibility index (Phi) is 4.32. The number of nitrogens with zero attached hydrogens (tertiary/aromatic N) is 1. The van der Waals surface area contributed by atoms with Crippen LogP contribution in [0.4, 0.5) is 0 Å². The van der Waals surface area contributed by atoms with E-state index in [0.29, 0.717) is 18.1 Å². The van der Waals surface area contributed by atoms with Gasteiger partial charge in [0.25, 0.3) is 0 Å². The Hall–Kier alpha value is -0.610. The molecule has 1 amide bonds. The number of nitrogens with one attached hydrogen (secondary N) is 1. The van der Waals surface area contributed by atoms with Crippen LogP contribution >= 0.6 is 0 Å². The van der Waals surface area contributed by atoms with Crippen LogP contribution in [0.2, 0.25) is 0 Å². The van der Waals surface area contributed by atoms with Gasteiger partial charge in [-0.15, -0.1) is 0 Å². The average Bonchev–Trinajstić information content (AvgIpc) is 2.96. The Labute approximate surface area is 122 Å². The summed E-state index contributed by atoms with van der Waals surface area (Å²) >= 11 is 0. The van der Waals surface area contributed by atoms with Crippen molar-refractivity contribution in [3.8, 4) is 0 Å². The van der Waals surface area contributed by atoms with Gasteiger partial charge in [-0.25, -0.2) is 0 Å². The van der Waals surface area contributed by atoms with Gasteiger partial charge < -0.3 is 15.0 Å². The first kappa shape index (κ1) is 14.3. The van der Waals surface area contributed by atoms with Gasteiger partial charge in [-0.1, -0.05) is 26.2 Å². The predicted octanol–water partition coefficient (Wildman–Crippen LogP) is 1.94. The van der Waals surface area contributed by atoms with Crippen molar-refractivity contribution in [2.45, 2.75) is 64.0 Å². The number of hydrogen-bond acceptors (Lipinski definition) is 3. The number of hydrogen-bond donors (Lipinski definition) is 1. The van der Waals surface area contributed by atoms with Gasteiger partial charge in [-0.05, 0) is 32.2 Å². The highest BCUT2D eigenvalue weighted by atomic mass is 16.5. The summed E-state index contributed by atoms with van der Waals surface area (Å²) in [6, 6.07) is 0.347. The Morgan fingerprint density at radius 2 is 2.25 bits per heavy atom. The molecule has 0 aromatic carbocycles. The molecule has 0 spiro atoms. The standard InChI is InChI=1S/C16H28N2O2/c1-2-7-16(8-9-17-12-16)15(19)18-10-11-20-14-6-4-3-5-13(14)18/h13-14,17H,2-12H2,1H3. The topological polar surface area (TPSA) is 41.6 Å². The molecule has 20 heavy (non-hydrogen) atoms. The first-order valence-corrected chi connectivity index (χ1v) is 8.40. The van der Waals surface area contributed by atoms with E-state index in [1.165, 1.54) is 12.8 Å². The second-order valence-electron chi connectivity index (χ2n) is 6.72. The molecule has 2 heterocycles. The molecule has 1 N–H and O–H groups in total. The van der Waals surface area contributed by atoms with E-state index in [9.17, 15) is 4.79 Å². The second kappa shape index (κ2) is 6.02. The van der Waals surface area contributed by atoms with Crippen LogP contribution in [0.25, 0.3) is 0 Å². The molecule has 0 bridgehead atoms. The summed E-state index contributed by atoms with van der Waals surface area (Å²) in [5.41, 5.74) is -0.131. The summed E-state index contributed by atoms with van der Waals surface area (Å²) in [6.45, 7) is 5.57. The number of carbonyl (C=O) groups is 1. The molecule has 0 aromatic rings. The van der Waals surface area contributed by atoms with Crippen molar-refractivity contribution in [1.82, 2.24) is 10.2 Å². The molecule has 1 saturated carbocycles. The smallest absolute Gasteiger partial charge is 0.230 e. The van der Waals surface area contributed by atoms with Crippen molar-refractivity contribution in [2.75, 3.05) is 26.2 Å². The molecular formula is C16H28N2O2. The van der Waals surface area contributed by atoms with Gasteiger partial charge in [0.05, 0.1) is 24.2 Å². The second-order valence-corrected chi connectivity index (χ2v) is 6.72. The Balaban J connectivity index is 1.77. The molecule has 0 aromatic heterocycles. The van der Waals surface area contributed by atoms with E-state index in [2.05, 4.69) is 17.1 Å². The quantitative estimate of drug-likeness (QED) is 0.859. The van der Waals surface area contributed by atoms with Crippen LogP contribution < -0.4 is 5.32 Å². The first-order chi connectivity index (χ1) is 9.77. The lowest BCUT2D eigenvalue weighted by atomic mass is 9.79. The molecule has 0 radical (unpaired) electrons. The number of rotatable bonds is 3. The average molecular weight is 280 g/mol. The van der Waals surface area contributed by atoms with E-state index in [1.54, 1.807) is 0 Å². The fourth-order valence-electron chi connectivity index (χ4n) is 4.38. The minimum absolute atomic E-state index is 0.131. The van der Waals surface area contributed by atoms with Gasteiger partial charge in [-0.3, -0.25) is 4.79 Å². The van der Waals surface area contributed by atoms with Gasteiger partial charge in [0, 0.05) is 13.1 Å². The highest BCUT2D eigenvalue weighted by Gasteiger charge is 2.46. The maximum atomic E-state index is 13.2. The Bertz CT molecular complexity index is 350. The van der Waals surface area contributed by atoms with E-state index in [-0.39, 0.29) is 5.41 Å². The zero-order chi connectivity index (χ0) is 14.0. The van der Waals surface area contributed by atoms with Crippen molar-refractivity contribution in [2.24, 2.45) is 5.41 Å². The predicted molar refractivity (Wildman–Crippen MR) is 78.5 cm³/mol. The number of ether oxygens (including phenoxy) is 1. The van der Waals surface area contributed by atoms with Gasteiger partial charge in [0.1, 0.15) is 0 Å². The molecular weight excluding hydrogens is 252 g/mol. The first-order valence-electron chi connectivity index (χ1n) is 8.40. The van der Waals surface area contributed by atoms with E-state index in [1.807, 2.05) is 0 Å². The summed E-state index contributed by atoms with van der Waals surface area (Å²) in [5, 5.41) is 3.41. The molecule has 3 rings (SSSR count). The van der Waals surface area contributed by atoms with Crippen molar-refractivity contribution in [3.05, 3.63) is 0 Å². The number of fused-ring (bicyclic) bond motifs is 1. The third-order valence-electron chi connectivity index (χ3n) is 5.42. The third kappa shape index (κ3) is 2.48. The van der Waals surface area contributed by atoms with Crippen LogP contribution in [0.5, 0.6) is 0 Å². The minimum atomic E-state index is -0.131. The normalized spacial score (nSPS) is 37.8. The van der Waals surface area contributed by atoms with Crippen LogP contribution in [0.1, 0.15) is 51.9 Å². The Morgan fingerprint density at radius 1 is 1.40 bits per heavy atom. The van der Waals surface area contributed by atoms with Gasteiger partial charge >= 0.3 is 0 Å². The van der Waals surface area contributed by atoms with Crippen LogP contribution in [0.15, 0.2) is 0 Å². The summed E-state index contributed by atoms with van der Waals surface area (Å²) in [4.78, 5) is 15.4. The van der Waals surface area contributed by atoms with Gasteiger partial charge in [0.15, 0.2) is 0 Å². The van der Waals surface area contributed by atoms with Gasteiger partial charge in [0.2, 0.25) is 5.91 Å². The lowest BCUT2D eigenvalue weighted by molar-refractivity contribution is -0.159. The van der Waals surface area contributed by atoms with Crippen LogP contribution in [-0.2, 0) is 9.53 Å². The molecule has 1 aliphatic carbocycles. The number of amides is 1. The highest BCUT2D eigenvalue weighted by molar-refractivity contribution is 5.84. The van der Waals surface area contributed by atoms with Crippen molar-refractivity contribution in [1.29, 1.82) is 0 Å². The van der Waals surface area contributed by atoms with E-state index in [0.717, 1.165) is 58.3 Å². The molecule has 3 atom stereocenters. The summed E-state index contributed by atoms with van der Waals surface area (Å²) in [6.07, 6.45) is 8.18. The lowest BCUT2D eigenvalue weighted by Crippen LogP contribution is -2.58. The molecule has 3 aliphatic rings. The zero-order valence-corrected chi connectivity index (χ0v) is 12.7. The summed E-state index contributed by atoms with van der Waals surface area (Å²) in [5.74, 6) is 0.407. The highest BCUT2D eigenvalue weighted by Crippen LogP contribution is 2.37. The van der Waals surface area contributed by atoms with E-state index < -0.39 is 0 Å². The maximum Gasteiger partial charge on any atom is 0.230 e. The monoisotopic (exact) mass is 280 g/mol. The van der Waals surface area contributed by atoms with Crippen molar-refractivity contribution >= 4 is 5.91 Å². The SMILES string of the molecule is CCCC1(C(=O)N2CCOC3CCCCC32)CCNC1. The van der Waals surface area contributed by atoms with Crippen molar-refractivity contribution < 1.29 is 9.53 Å². The minimum Gasteiger partial charge on any atom is -0.374 e. The lowest BCUT2D eigenvalue weighted by Gasteiger charge is -2.46. The van der Waals surface area contributed by atoms with Crippen LogP contribution in [0, 0.1) is 5.41 Å². The van der Waals surface area contributed by atoms with Crippen LogP contribution in [-0.4, -0.2) is 49.2 Å². The molecule has 114 valence electrons. The molecule has 3 unspecified atom stereocenters. The third-order valence-corrected chi connectivity index (χ3v) is 5.42. The molecule has 2 aliphatic heterocycles. The molecule has 4 nitrogen and oxygen atoms in total. The summed E-state index contributed by atoms with van der Waals surface area (Å²) < 4.78 is 5.91. The molecule has 2 saturated heterocycles. The zero-order valence-electron chi connectivity index (χ0n) is 12.7. The Morgan fingerprint density at radius 3 is 3.00 bits per heavy atom. The maximum absolute atomic E-state index is 13.2. The van der Waals surface area contributed by atoms with Crippen molar-refractivity contribution in [3.63, 3.8) is 0 Å². The number of carbonyl (C=O) groups excluding carboxylic acids is 1. The molecule has 3 fully saturated rings. The van der Waals surface area contributed by atoms with Gasteiger partial charge in [-0.2, -0.15) is 0 Å². The van der Waals surface area contributed by atoms with E-state index in [4.69, 9.17) is 4.74 Å².